The summed E-state index contributed by atoms with van der Waals surface area (Å²) in [5.74, 6) is 4.16. The monoisotopic (exact) mass is 324 g/mol. The van der Waals surface area contributed by atoms with Crippen molar-refractivity contribution in [1.82, 2.24) is 0 Å². The molecule has 122 valence electrons. The Bertz CT molecular complexity index is 390. The van der Waals surface area contributed by atoms with Gasteiger partial charge in [-0.3, -0.25) is 0 Å². The number of hydrogen-bond acceptors (Lipinski definition) is 1. The van der Waals surface area contributed by atoms with E-state index in [0.29, 0.717) is 17.1 Å². The molecule has 1 rings (SSSR count). The zero-order valence-corrected chi connectivity index (χ0v) is 17.6. The third-order valence-electron chi connectivity index (χ3n) is 4.92. The molecule has 3 heteroatoms. The van der Waals surface area contributed by atoms with Gasteiger partial charge in [-0.25, -0.2) is 0 Å². The van der Waals surface area contributed by atoms with Crippen molar-refractivity contribution in [1.29, 1.82) is 0 Å². The van der Waals surface area contributed by atoms with Crippen LogP contribution in [0, 0.1) is 17.4 Å². The Labute approximate surface area is 135 Å². The summed E-state index contributed by atoms with van der Waals surface area (Å²) in [5.41, 5.74) is 3.53. The lowest BCUT2D eigenvalue weighted by Crippen LogP contribution is -2.46. The molecule has 1 nitrogen and oxygen atoms in total. The van der Waals surface area contributed by atoms with Gasteiger partial charge in [0.05, 0.1) is 0 Å². The van der Waals surface area contributed by atoms with E-state index in [1.54, 1.807) is 0 Å². The molecule has 0 saturated heterocycles. The predicted molar refractivity (Wildman–Crippen MR) is 99.8 cm³/mol. The highest BCUT2D eigenvalue weighted by Gasteiger charge is 2.41. The van der Waals surface area contributed by atoms with Crippen LogP contribution >= 0.6 is 0 Å². The van der Waals surface area contributed by atoms with Crippen LogP contribution in [0.2, 0.25) is 37.8 Å². The maximum atomic E-state index is 6.72. The van der Waals surface area contributed by atoms with E-state index in [1.807, 2.05) is 0 Å². The quantitative estimate of drug-likeness (QED) is 0.468. The van der Waals surface area contributed by atoms with Crippen LogP contribution in [0.5, 0.6) is 0 Å². The molecule has 0 unspecified atom stereocenters. The average Bonchev–Trinajstić information content (AvgIpc) is 2.28. The Hall–Kier alpha value is -0.0462. The zero-order valence-electron chi connectivity index (χ0n) is 15.6. The maximum absolute atomic E-state index is 6.72. The highest BCUT2D eigenvalue weighted by molar-refractivity contribution is 6.83. The topological polar surface area (TPSA) is 9.23 Å². The lowest BCUT2D eigenvalue weighted by Gasteiger charge is -2.42. The molecule has 0 bridgehead atoms. The molecule has 0 aliphatic heterocycles. The van der Waals surface area contributed by atoms with E-state index in [1.165, 1.54) is 25.7 Å². The van der Waals surface area contributed by atoms with Gasteiger partial charge in [-0.1, -0.05) is 53.3 Å². The van der Waals surface area contributed by atoms with Crippen LogP contribution in [0.4, 0.5) is 0 Å². The SMILES string of the molecule is CC(C)(C)[Si](C)(C)O[C@@H]1CCCC[C@H]1CC#C[Si](C)(C)C. The predicted octanol–water partition coefficient (Wildman–Crippen LogP) is 5.84. The summed E-state index contributed by atoms with van der Waals surface area (Å²) in [5, 5.41) is 0.305. The summed E-state index contributed by atoms with van der Waals surface area (Å²) in [7, 11) is -2.88. The van der Waals surface area contributed by atoms with Crippen molar-refractivity contribution in [2.45, 2.75) is 96.8 Å². The molecule has 2 atom stereocenters. The largest absolute Gasteiger partial charge is 0.414 e. The van der Waals surface area contributed by atoms with Gasteiger partial charge in [0.25, 0.3) is 0 Å². The lowest BCUT2D eigenvalue weighted by molar-refractivity contribution is 0.0816. The highest BCUT2D eigenvalue weighted by atomic mass is 28.4. The van der Waals surface area contributed by atoms with Crippen molar-refractivity contribution in [3.63, 3.8) is 0 Å². The Morgan fingerprint density at radius 1 is 1.00 bits per heavy atom. The molecule has 0 N–H and O–H groups in total. The van der Waals surface area contributed by atoms with Crippen molar-refractivity contribution >= 4 is 16.4 Å². The van der Waals surface area contributed by atoms with Gasteiger partial charge >= 0.3 is 0 Å². The van der Waals surface area contributed by atoms with Gasteiger partial charge < -0.3 is 4.43 Å². The standard InChI is InChI=1S/C18H36OSi2/c1-18(2,3)21(7,8)19-17-14-10-9-12-16(17)13-11-15-20(4,5)6/h16-17H,9-10,12-14H2,1-8H3/t16-,17+/m0/s1. The van der Waals surface area contributed by atoms with Crippen LogP contribution in [0.3, 0.4) is 0 Å². The minimum Gasteiger partial charge on any atom is -0.414 e. The molecule has 0 aromatic carbocycles. The summed E-state index contributed by atoms with van der Waals surface area (Å²) in [4.78, 5) is 0. The Kier molecular flexibility index (Phi) is 6.35. The Morgan fingerprint density at radius 2 is 1.57 bits per heavy atom. The fourth-order valence-corrected chi connectivity index (χ4v) is 4.62. The Balaban J connectivity index is 2.71. The molecule has 0 aromatic heterocycles. The second kappa shape index (κ2) is 7.02. The molecule has 1 aliphatic carbocycles. The molecule has 1 saturated carbocycles. The fraction of sp³-hybridized carbons (Fsp3) is 0.889. The van der Waals surface area contributed by atoms with Gasteiger partial charge in [-0.05, 0) is 36.9 Å². The molecule has 0 aromatic rings. The van der Waals surface area contributed by atoms with Crippen LogP contribution in [0.15, 0.2) is 0 Å². The first-order valence-corrected chi connectivity index (χ1v) is 15.0. The van der Waals surface area contributed by atoms with Crippen LogP contribution in [0.25, 0.3) is 0 Å². The lowest BCUT2D eigenvalue weighted by atomic mass is 9.85. The maximum Gasteiger partial charge on any atom is 0.192 e. The fourth-order valence-electron chi connectivity index (χ4n) is 2.56. The first kappa shape index (κ1) is 19.0. The molecule has 0 spiro atoms. The van der Waals surface area contributed by atoms with Crippen molar-refractivity contribution < 1.29 is 4.43 Å². The summed E-state index contributed by atoms with van der Waals surface area (Å²) in [6.07, 6.45) is 6.73. The summed E-state index contributed by atoms with van der Waals surface area (Å²) in [6.45, 7) is 18.7. The van der Waals surface area contributed by atoms with E-state index in [0.717, 1.165) is 6.42 Å². The summed E-state index contributed by atoms with van der Waals surface area (Å²) >= 11 is 0. The van der Waals surface area contributed by atoms with Crippen LogP contribution in [0.1, 0.15) is 52.9 Å². The molecule has 1 fully saturated rings. The molecular weight excluding hydrogens is 288 g/mol. The molecule has 1 aliphatic rings. The van der Waals surface area contributed by atoms with Crippen molar-refractivity contribution in [2.75, 3.05) is 0 Å². The van der Waals surface area contributed by atoms with Crippen LogP contribution in [-0.4, -0.2) is 22.5 Å². The van der Waals surface area contributed by atoms with E-state index in [4.69, 9.17) is 4.43 Å². The number of rotatable bonds is 3. The van der Waals surface area contributed by atoms with Crippen molar-refractivity contribution in [3.05, 3.63) is 0 Å². The normalized spacial score (nSPS) is 24.4. The van der Waals surface area contributed by atoms with Gasteiger partial charge in [0.15, 0.2) is 8.32 Å². The first-order valence-electron chi connectivity index (χ1n) is 8.60. The van der Waals surface area contributed by atoms with Gasteiger partial charge in [0.2, 0.25) is 0 Å². The Morgan fingerprint density at radius 3 is 2.10 bits per heavy atom. The minimum atomic E-state index is -1.65. The second-order valence-corrected chi connectivity index (χ2v) is 18.7. The number of hydrogen-bond donors (Lipinski definition) is 0. The smallest absolute Gasteiger partial charge is 0.192 e. The van der Waals surface area contributed by atoms with Gasteiger partial charge in [0, 0.05) is 12.5 Å². The summed E-state index contributed by atoms with van der Waals surface area (Å²) < 4.78 is 6.72. The van der Waals surface area contributed by atoms with Gasteiger partial charge in [-0.15, -0.1) is 11.5 Å². The molecule has 0 amide bonds. The summed E-state index contributed by atoms with van der Waals surface area (Å²) in [6, 6.07) is 0. The highest BCUT2D eigenvalue weighted by Crippen LogP contribution is 2.40. The third-order valence-corrected chi connectivity index (χ3v) is 10.4. The van der Waals surface area contributed by atoms with E-state index < -0.39 is 16.4 Å². The van der Waals surface area contributed by atoms with E-state index in [-0.39, 0.29) is 0 Å². The molecular formula is C18H36OSi2. The van der Waals surface area contributed by atoms with Crippen LogP contribution < -0.4 is 0 Å². The van der Waals surface area contributed by atoms with Gasteiger partial charge in [-0.2, -0.15) is 0 Å². The second-order valence-electron chi connectivity index (χ2n) is 9.22. The van der Waals surface area contributed by atoms with Crippen molar-refractivity contribution in [2.24, 2.45) is 5.92 Å². The van der Waals surface area contributed by atoms with Crippen LogP contribution in [-0.2, 0) is 4.43 Å². The van der Waals surface area contributed by atoms with E-state index >= 15 is 0 Å². The van der Waals surface area contributed by atoms with Gasteiger partial charge in [0.1, 0.15) is 8.07 Å². The molecule has 0 radical (unpaired) electrons. The molecule has 21 heavy (non-hydrogen) atoms. The van der Waals surface area contributed by atoms with E-state index in [9.17, 15) is 0 Å². The third kappa shape index (κ3) is 6.30. The zero-order chi connectivity index (χ0) is 16.3. The van der Waals surface area contributed by atoms with E-state index in [2.05, 4.69) is 65.0 Å². The molecule has 0 heterocycles. The van der Waals surface area contributed by atoms with Crippen molar-refractivity contribution in [3.8, 4) is 11.5 Å². The minimum absolute atomic E-state index is 0.305. The first-order chi connectivity index (χ1) is 9.42. The average molecular weight is 325 g/mol.